The molecule has 0 atom stereocenters. The van der Waals surface area contributed by atoms with E-state index < -0.39 is 0 Å². The normalized spacial score (nSPS) is 12.3. The standard InChI is InChI=1S/C21H18FN3O3/c22-16-3-1-14(2-4-16)11-24-21(26)15-9-18(13-23-12-15)25-17-5-6-19-20(10-17)28-8-7-27-19/h1-6,9-10,12-13,25H,7-8,11H2,(H,24,26). The fourth-order valence-electron chi connectivity index (χ4n) is 2.81. The predicted octanol–water partition coefficient (Wildman–Crippen LogP) is 3.67. The molecule has 0 fully saturated rings. The maximum atomic E-state index is 12.9. The molecular formula is C21H18FN3O3. The van der Waals surface area contributed by atoms with Gasteiger partial charge >= 0.3 is 0 Å². The van der Waals surface area contributed by atoms with E-state index in [1.807, 2.05) is 18.2 Å². The molecular weight excluding hydrogens is 361 g/mol. The minimum atomic E-state index is -0.308. The van der Waals surface area contributed by atoms with Crippen molar-refractivity contribution in [2.45, 2.75) is 6.54 Å². The van der Waals surface area contributed by atoms with Gasteiger partial charge in [-0.1, -0.05) is 12.1 Å². The molecule has 0 saturated carbocycles. The van der Waals surface area contributed by atoms with Crippen LogP contribution in [0.15, 0.2) is 60.9 Å². The van der Waals surface area contributed by atoms with Crippen LogP contribution < -0.4 is 20.1 Å². The van der Waals surface area contributed by atoms with E-state index in [0.717, 1.165) is 11.3 Å². The molecule has 3 aromatic rings. The van der Waals surface area contributed by atoms with Gasteiger partial charge in [0.25, 0.3) is 5.91 Å². The molecule has 0 bridgehead atoms. The van der Waals surface area contributed by atoms with Gasteiger partial charge in [0.1, 0.15) is 19.0 Å². The number of fused-ring (bicyclic) bond motifs is 1. The zero-order chi connectivity index (χ0) is 19.3. The maximum absolute atomic E-state index is 12.9. The van der Waals surface area contributed by atoms with Crippen LogP contribution in [-0.4, -0.2) is 24.1 Å². The second-order valence-corrected chi connectivity index (χ2v) is 6.25. The van der Waals surface area contributed by atoms with E-state index in [1.165, 1.54) is 18.3 Å². The molecule has 1 amide bonds. The Hall–Kier alpha value is -3.61. The Morgan fingerprint density at radius 2 is 1.75 bits per heavy atom. The van der Waals surface area contributed by atoms with E-state index in [0.29, 0.717) is 42.5 Å². The number of rotatable bonds is 5. The average molecular weight is 379 g/mol. The zero-order valence-electron chi connectivity index (χ0n) is 14.9. The van der Waals surface area contributed by atoms with E-state index in [1.54, 1.807) is 24.4 Å². The molecule has 0 spiro atoms. The van der Waals surface area contributed by atoms with Crippen molar-refractivity contribution < 1.29 is 18.7 Å². The lowest BCUT2D eigenvalue weighted by atomic mass is 10.2. The third kappa shape index (κ3) is 4.20. The minimum absolute atomic E-state index is 0.261. The fraction of sp³-hybridized carbons (Fsp3) is 0.143. The first-order valence-electron chi connectivity index (χ1n) is 8.82. The topological polar surface area (TPSA) is 72.5 Å². The van der Waals surface area contributed by atoms with Crippen molar-refractivity contribution in [2.24, 2.45) is 0 Å². The summed E-state index contributed by atoms with van der Waals surface area (Å²) in [4.78, 5) is 16.5. The summed E-state index contributed by atoms with van der Waals surface area (Å²) >= 11 is 0. The third-order valence-electron chi connectivity index (χ3n) is 4.20. The summed E-state index contributed by atoms with van der Waals surface area (Å²) in [6.45, 7) is 1.36. The number of carbonyl (C=O) groups is 1. The number of ether oxygens (including phenoxy) is 2. The molecule has 1 aliphatic rings. The maximum Gasteiger partial charge on any atom is 0.253 e. The van der Waals surface area contributed by atoms with Crippen molar-refractivity contribution in [1.82, 2.24) is 10.3 Å². The predicted molar refractivity (Wildman–Crippen MR) is 103 cm³/mol. The molecule has 1 aliphatic heterocycles. The highest BCUT2D eigenvalue weighted by Crippen LogP contribution is 2.33. The van der Waals surface area contributed by atoms with Gasteiger partial charge < -0.3 is 20.1 Å². The number of nitrogens with one attached hydrogen (secondary N) is 2. The summed E-state index contributed by atoms with van der Waals surface area (Å²) in [5, 5.41) is 6.01. The number of hydrogen-bond acceptors (Lipinski definition) is 5. The zero-order valence-corrected chi connectivity index (χ0v) is 14.9. The van der Waals surface area contributed by atoms with E-state index in [2.05, 4.69) is 15.6 Å². The molecule has 0 unspecified atom stereocenters. The van der Waals surface area contributed by atoms with Crippen LogP contribution in [0.25, 0.3) is 0 Å². The van der Waals surface area contributed by atoms with Crippen LogP contribution in [0.2, 0.25) is 0 Å². The van der Waals surface area contributed by atoms with Crippen LogP contribution in [-0.2, 0) is 6.54 Å². The number of aromatic nitrogens is 1. The van der Waals surface area contributed by atoms with Gasteiger partial charge in [-0.25, -0.2) is 4.39 Å². The lowest BCUT2D eigenvalue weighted by Gasteiger charge is -2.19. The highest BCUT2D eigenvalue weighted by atomic mass is 19.1. The molecule has 4 rings (SSSR count). The van der Waals surface area contributed by atoms with Gasteiger partial charge in [0.05, 0.1) is 17.4 Å². The molecule has 6 nitrogen and oxygen atoms in total. The first-order valence-corrected chi connectivity index (χ1v) is 8.82. The lowest BCUT2D eigenvalue weighted by Crippen LogP contribution is -2.23. The van der Waals surface area contributed by atoms with Crippen molar-refractivity contribution in [3.8, 4) is 11.5 Å². The van der Waals surface area contributed by atoms with Gasteiger partial charge in [0.2, 0.25) is 0 Å². The number of halogens is 1. The van der Waals surface area contributed by atoms with Gasteiger partial charge in [-0.3, -0.25) is 9.78 Å². The van der Waals surface area contributed by atoms with Crippen LogP contribution in [0, 0.1) is 5.82 Å². The number of amides is 1. The van der Waals surface area contributed by atoms with Crippen LogP contribution in [0.3, 0.4) is 0 Å². The Balaban J connectivity index is 1.42. The summed E-state index contributed by atoms with van der Waals surface area (Å²) in [6, 6.07) is 13.3. The monoisotopic (exact) mass is 379 g/mol. The third-order valence-corrected chi connectivity index (χ3v) is 4.20. The van der Waals surface area contributed by atoms with E-state index >= 15 is 0 Å². The molecule has 0 saturated heterocycles. The van der Waals surface area contributed by atoms with Gasteiger partial charge in [-0.2, -0.15) is 0 Å². The summed E-state index contributed by atoms with van der Waals surface area (Å²) in [5.41, 5.74) is 2.71. The Kier molecular flexibility index (Phi) is 5.05. The summed E-state index contributed by atoms with van der Waals surface area (Å²) in [5.74, 6) is 0.820. The van der Waals surface area contributed by atoms with Gasteiger partial charge in [0.15, 0.2) is 11.5 Å². The van der Waals surface area contributed by atoms with Gasteiger partial charge in [-0.05, 0) is 35.9 Å². The van der Waals surface area contributed by atoms with Crippen LogP contribution in [0.1, 0.15) is 15.9 Å². The summed E-state index contributed by atoms with van der Waals surface area (Å²) in [7, 11) is 0. The lowest BCUT2D eigenvalue weighted by molar-refractivity contribution is 0.0950. The number of nitrogens with zero attached hydrogens (tertiary/aromatic N) is 1. The molecule has 2 N–H and O–H groups in total. The van der Waals surface area contributed by atoms with Crippen LogP contribution in [0.4, 0.5) is 15.8 Å². The molecule has 0 aliphatic carbocycles. The Morgan fingerprint density at radius 3 is 2.57 bits per heavy atom. The van der Waals surface area contributed by atoms with E-state index in [4.69, 9.17) is 9.47 Å². The molecule has 0 radical (unpaired) electrons. The highest BCUT2D eigenvalue weighted by Gasteiger charge is 2.12. The molecule has 7 heteroatoms. The second-order valence-electron chi connectivity index (χ2n) is 6.25. The van der Waals surface area contributed by atoms with Crippen LogP contribution >= 0.6 is 0 Å². The first-order chi connectivity index (χ1) is 13.7. The minimum Gasteiger partial charge on any atom is -0.486 e. The Labute approximate surface area is 161 Å². The first kappa shape index (κ1) is 17.8. The van der Waals surface area contributed by atoms with Gasteiger partial charge in [-0.15, -0.1) is 0 Å². The Morgan fingerprint density at radius 1 is 0.964 bits per heavy atom. The quantitative estimate of drug-likeness (QED) is 0.708. The van der Waals surface area contributed by atoms with Crippen molar-refractivity contribution in [3.63, 3.8) is 0 Å². The number of hydrogen-bond donors (Lipinski definition) is 2. The van der Waals surface area contributed by atoms with E-state index in [9.17, 15) is 9.18 Å². The van der Waals surface area contributed by atoms with Crippen molar-refractivity contribution in [1.29, 1.82) is 0 Å². The molecule has 142 valence electrons. The molecule has 2 aromatic carbocycles. The molecule has 1 aromatic heterocycles. The van der Waals surface area contributed by atoms with Crippen molar-refractivity contribution in [2.75, 3.05) is 18.5 Å². The van der Waals surface area contributed by atoms with Crippen LogP contribution in [0.5, 0.6) is 11.5 Å². The Bertz CT molecular complexity index is 992. The van der Waals surface area contributed by atoms with Crippen molar-refractivity contribution >= 4 is 17.3 Å². The average Bonchev–Trinajstić information content (AvgIpc) is 2.73. The molecule has 2 heterocycles. The molecule has 28 heavy (non-hydrogen) atoms. The highest BCUT2D eigenvalue weighted by molar-refractivity contribution is 5.94. The fourth-order valence-corrected chi connectivity index (χ4v) is 2.81. The van der Waals surface area contributed by atoms with Gasteiger partial charge in [0, 0.05) is 24.5 Å². The summed E-state index contributed by atoms with van der Waals surface area (Å²) < 4.78 is 24.0. The summed E-state index contributed by atoms with van der Waals surface area (Å²) in [6.07, 6.45) is 3.13. The van der Waals surface area contributed by atoms with Crippen molar-refractivity contribution in [3.05, 3.63) is 77.9 Å². The SMILES string of the molecule is O=C(NCc1ccc(F)cc1)c1cncc(Nc2ccc3c(c2)OCCO3)c1. The number of benzene rings is 2. The second kappa shape index (κ2) is 7.96. The smallest absolute Gasteiger partial charge is 0.253 e. The number of pyridine rings is 1. The van der Waals surface area contributed by atoms with E-state index in [-0.39, 0.29) is 11.7 Å². The number of carbonyl (C=O) groups excluding carboxylic acids is 1. The number of anilines is 2. The largest absolute Gasteiger partial charge is 0.486 e.